The number of anilines is 3. The quantitative estimate of drug-likeness (QED) is 0.194. The summed E-state index contributed by atoms with van der Waals surface area (Å²) in [5.41, 5.74) is 14.1. The fraction of sp³-hybridized carbons (Fsp3) is 0.0652. The molecule has 0 radical (unpaired) electrons. The lowest BCUT2D eigenvalue weighted by Crippen LogP contribution is -2.30. The van der Waals surface area contributed by atoms with E-state index >= 15 is 0 Å². The molecule has 0 spiro atoms. The van der Waals surface area contributed by atoms with E-state index in [1.54, 1.807) is 0 Å². The Bertz CT molecular complexity index is 2550. The minimum atomic E-state index is -0.160. The largest absolute Gasteiger partial charge is 0.310 e. The summed E-state index contributed by atoms with van der Waals surface area (Å²) < 4.78 is 2.27. The maximum atomic E-state index is 10.4. The topological polar surface area (TPSA) is 32.0 Å². The maximum absolute atomic E-state index is 10.4. The second kappa shape index (κ2) is 11.1. The van der Waals surface area contributed by atoms with Crippen molar-refractivity contribution < 1.29 is 0 Å². The maximum Gasteiger partial charge on any atom is 0.101 e. The van der Waals surface area contributed by atoms with Gasteiger partial charge in [-0.15, -0.1) is 0 Å². The zero-order chi connectivity index (χ0) is 33.1. The SMILES string of the molecule is CC1(C)c2ccccc2N(c2ccccc2)c2cc(-c3cccc(-c4cccc(C#N)c4-n4c5ccccc5c5ccccc54)c3)ccc21. The summed E-state index contributed by atoms with van der Waals surface area (Å²) in [6.07, 6.45) is 0. The number of nitriles is 1. The predicted molar refractivity (Wildman–Crippen MR) is 203 cm³/mol. The van der Waals surface area contributed by atoms with E-state index in [1.807, 2.05) is 12.1 Å². The van der Waals surface area contributed by atoms with E-state index in [4.69, 9.17) is 0 Å². The van der Waals surface area contributed by atoms with Crippen LogP contribution in [0.3, 0.4) is 0 Å². The summed E-state index contributed by atoms with van der Waals surface area (Å²) in [6.45, 7) is 4.65. The monoisotopic (exact) mass is 627 g/mol. The minimum absolute atomic E-state index is 0.160. The van der Waals surface area contributed by atoms with Crippen molar-refractivity contribution in [3.8, 4) is 34.0 Å². The first kappa shape index (κ1) is 28.8. The van der Waals surface area contributed by atoms with E-state index in [9.17, 15) is 5.26 Å². The standard InChI is InChI=1S/C46H33N3/c1-46(2)39-22-8-11-25-43(39)48(35-17-4-3-5-18-35)44-29-32(26-27-40(44)46)31-14-12-15-33(28-31)36-21-13-16-34(30-47)45(36)49-41-23-9-6-19-37(41)38-20-7-10-24-42(38)49/h3-29H,1-2H3. The van der Waals surface area contributed by atoms with E-state index in [0.29, 0.717) is 5.56 Å². The van der Waals surface area contributed by atoms with Crippen molar-refractivity contribution in [2.45, 2.75) is 19.3 Å². The molecule has 49 heavy (non-hydrogen) atoms. The normalized spacial score (nSPS) is 13.2. The number of aromatic nitrogens is 1. The molecular formula is C46H33N3. The number of hydrogen-bond acceptors (Lipinski definition) is 2. The highest BCUT2D eigenvalue weighted by Crippen LogP contribution is 2.52. The Labute approximate surface area is 286 Å². The fourth-order valence-corrected chi connectivity index (χ4v) is 7.89. The van der Waals surface area contributed by atoms with Crippen LogP contribution >= 0.6 is 0 Å². The molecule has 0 unspecified atom stereocenters. The minimum Gasteiger partial charge on any atom is -0.310 e. The Kier molecular flexibility index (Phi) is 6.54. The summed E-state index contributed by atoms with van der Waals surface area (Å²) >= 11 is 0. The smallest absolute Gasteiger partial charge is 0.101 e. The van der Waals surface area contributed by atoms with Crippen LogP contribution in [-0.2, 0) is 5.41 Å². The zero-order valence-electron chi connectivity index (χ0n) is 27.4. The first-order valence-electron chi connectivity index (χ1n) is 16.8. The van der Waals surface area contributed by atoms with Crippen LogP contribution in [0.5, 0.6) is 0 Å². The molecule has 0 atom stereocenters. The van der Waals surface area contributed by atoms with Crippen LogP contribution in [0.25, 0.3) is 49.7 Å². The molecular weight excluding hydrogens is 595 g/mol. The van der Waals surface area contributed by atoms with Crippen molar-refractivity contribution >= 4 is 38.9 Å². The Morgan fingerprint density at radius 2 is 1.12 bits per heavy atom. The lowest BCUT2D eigenvalue weighted by atomic mass is 9.73. The van der Waals surface area contributed by atoms with E-state index in [-0.39, 0.29) is 5.41 Å². The van der Waals surface area contributed by atoms with E-state index < -0.39 is 0 Å². The molecule has 0 saturated carbocycles. The molecule has 8 aromatic rings. The summed E-state index contributed by atoms with van der Waals surface area (Å²) in [7, 11) is 0. The van der Waals surface area contributed by atoms with E-state index in [1.165, 1.54) is 33.3 Å². The van der Waals surface area contributed by atoms with Gasteiger partial charge in [0.15, 0.2) is 0 Å². The van der Waals surface area contributed by atoms with E-state index in [2.05, 4.69) is 181 Å². The number of para-hydroxylation sites is 5. The number of benzene rings is 7. The predicted octanol–water partition coefficient (Wildman–Crippen LogP) is 12.1. The van der Waals surface area contributed by atoms with Crippen molar-refractivity contribution in [3.63, 3.8) is 0 Å². The van der Waals surface area contributed by atoms with Gasteiger partial charge in [0.1, 0.15) is 6.07 Å². The van der Waals surface area contributed by atoms with Gasteiger partial charge in [-0.2, -0.15) is 5.26 Å². The third-order valence-corrected chi connectivity index (χ3v) is 10.2. The van der Waals surface area contributed by atoms with Gasteiger partial charge in [-0.25, -0.2) is 0 Å². The second-order valence-corrected chi connectivity index (χ2v) is 13.3. The van der Waals surface area contributed by atoms with Crippen molar-refractivity contribution in [2.75, 3.05) is 4.90 Å². The van der Waals surface area contributed by atoms with Crippen LogP contribution in [0.15, 0.2) is 164 Å². The molecule has 1 aromatic heterocycles. The van der Waals surface area contributed by atoms with Crippen LogP contribution in [-0.4, -0.2) is 4.57 Å². The van der Waals surface area contributed by atoms with Gasteiger partial charge in [0.2, 0.25) is 0 Å². The fourth-order valence-electron chi connectivity index (χ4n) is 7.89. The molecule has 0 aliphatic carbocycles. The Hall–Kier alpha value is -6.37. The Balaban J connectivity index is 1.23. The number of fused-ring (bicyclic) bond motifs is 5. The van der Waals surface area contributed by atoms with Gasteiger partial charge in [0, 0.05) is 27.4 Å². The van der Waals surface area contributed by atoms with Gasteiger partial charge in [-0.05, 0) is 76.3 Å². The van der Waals surface area contributed by atoms with Crippen LogP contribution < -0.4 is 4.90 Å². The average Bonchev–Trinajstić information content (AvgIpc) is 3.49. The molecule has 0 fully saturated rings. The Morgan fingerprint density at radius 3 is 1.88 bits per heavy atom. The first-order chi connectivity index (χ1) is 24.0. The molecule has 3 heteroatoms. The molecule has 232 valence electrons. The molecule has 0 saturated heterocycles. The second-order valence-electron chi connectivity index (χ2n) is 13.3. The van der Waals surface area contributed by atoms with Gasteiger partial charge < -0.3 is 9.47 Å². The van der Waals surface area contributed by atoms with Crippen LogP contribution in [0.2, 0.25) is 0 Å². The van der Waals surface area contributed by atoms with Crippen molar-refractivity contribution in [1.82, 2.24) is 4.57 Å². The van der Waals surface area contributed by atoms with Crippen molar-refractivity contribution in [3.05, 3.63) is 180 Å². The van der Waals surface area contributed by atoms with Crippen LogP contribution in [0.1, 0.15) is 30.5 Å². The van der Waals surface area contributed by atoms with Crippen molar-refractivity contribution in [1.29, 1.82) is 5.26 Å². The number of nitrogens with zero attached hydrogens (tertiary/aromatic N) is 3. The summed E-state index contributed by atoms with van der Waals surface area (Å²) in [6, 6.07) is 60.6. The molecule has 2 heterocycles. The average molecular weight is 628 g/mol. The molecule has 0 N–H and O–H groups in total. The number of rotatable bonds is 4. The zero-order valence-corrected chi connectivity index (χ0v) is 27.4. The summed E-state index contributed by atoms with van der Waals surface area (Å²) in [5.74, 6) is 0. The number of hydrogen-bond donors (Lipinski definition) is 0. The molecule has 0 amide bonds. The third-order valence-electron chi connectivity index (χ3n) is 10.2. The molecule has 3 nitrogen and oxygen atoms in total. The third kappa shape index (κ3) is 4.42. The van der Waals surface area contributed by atoms with Gasteiger partial charge >= 0.3 is 0 Å². The highest BCUT2D eigenvalue weighted by atomic mass is 15.2. The van der Waals surface area contributed by atoms with Crippen LogP contribution in [0, 0.1) is 11.3 Å². The van der Waals surface area contributed by atoms with Gasteiger partial charge in [0.25, 0.3) is 0 Å². The van der Waals surface area contributed by atoms with E-state index in [0.717, 1.165) is 44.7 Å². The molecule has 1 aliphatic rings. The molecule has 9 rings (SSSR count). The van der Waals surface area contributed by atoms with Gasteiger partial charge in [-0.3, -0.25) is 0 Å². The molecule has 1 aliphatic heterocycles. The molecule has 7 aromatic carbocycles. The van der Waals surface area contributed by atoms with Gasteiger partial charge in [-0.1, -0.05) is 129 Å². The summed E-state index contributed by atoms with van der Waals surface area (Å²) in [4.78, 5) is 2.40. The van der Waals surface area contributed by atoms with Gasteiger partial charge in [0.05, 0.1) is 33.7 Å². The highest BCUT2D eigenvalue weighted by Gasteiger charge is 2.36. The Morgan fingerprint density at radius 1 is 0.510 bits per heavy atom. The lowest BCUT2D eigenvalue weighted by Gasteiger charge is -2.42. The lowest BCUT2D eigenvalue weighted by molar-refractivity contribution is 0.632. The highest BCUT2D eigenvalue weighted by molar-refractivity contribution is 6.10. The first-order valence-corrected chi connectivity index (χ1v) is 16.8. The summed E-state index contributed by atoms with van der Waals surface area (Å²) in [5, 5.41) is 12.8. The van der Waals surface area contributed by atoms with Crippen molar-refractivity contribution in [2.24, 2.45) is 0 Å². The van der Waals surface area contributed by atoms with Crippen LogP contribution in [0.4, 0.5) is 17.1 Å². The molecule has 0 bridgehead atoms.